The fraction of sp³-hybridized carbons (Fsp3) is 0.278. The van der Waals surface area contributed by atoms with Gasteiger partial charge >= 0.3 is 12.1 Å². The molecular weight excluding hydrogens is 321 g/mol. The van der Waals surface area contributed by atoms with E-state index in [2.05, 4.69) is 0 Å². The largest absolute Gasteiger partial charge is 0.465 e. The Bertz CT molecular complexity index is 706. The van der Waals surface area contributed by atoms with Crippen molar-refractivity contribution in [3.63, 3.8) is 0 Å². The van der Waals surface area contributed by atoms with Gasteiger partial charge in [-0.15, -0.1) is 0 Å². The zero-order chi connectivity index (χ0) is 17.7. The van der Waals surface area contributed by atoms with Gasteiger partial charge in [0.1, 0.15) is 0 Å². The van der Waals surface area contributed by atoms with Gasteiger partial charge in [-0.25, -0.2) is 4.79 Å². The molecule has 24 heavy (non-hydrogen) atoms. The van der Waals surface area contributed by atoms with Crippen molar-refractivity contribution in [2.24, 2.45) is 0 Å². The van der Waals surface area contributed by atoms with E-state index in [4.69, 9.17) is 9.47 Å². The van der Waals surface area contributed by atoms with Crippen molar-refractivity contribution in [1.82, 2.24) is 0 Å². The quantitative estimate of drug-likeness (QED) is 0.742. The maximum absolute atomic E-state index is 12.7. The molecule has 3 nitrogen and oxygen atoms in total. The molecule has 0 bridgehead atoms. The summed E-state index contributed by atoms with van der Waals surface area (Å²) in [5.74, 6) is -0.555. The first-order valence-electron chi connectivity index (χ1n) is 7.34. The van der Waals surface area contributed by atoms with Crippen molar-refractivity contribution >= 4 is 5.97 Å². The Morgan fingerprint density at radius 3 is 2.29 bits per heavy atom. The number of alkyl halides is 3. The fourth-order valence-corrected chi connectivity index (χ4v) is 2.35. The number of ether oxygens (including phenoxy) is 2. The van der Waals surface area contributed by atoms with Crippen molar-refractivity contribution in [1.29, 1.82) is 0 Å². The lowest BCUT2D eigenvalue weighted by atomic mass is 9.95. The van der Waals surface area contributed by atoms with E-state index in [0.29, 0.717) is 28.9 Å². The molecule has 0 saturated carbocycles. The van der Waals surface area contributed by atoms with Crippen LogP contribution in [0.15, 0.2) is 42.5 Å². The van der Waals surface area contributed by atoms with Gasteiger partial charge in [0.25, 0.3) is 0 Å². The van der Waals surface area contributed by atoms with Crippen LogP contribution in [0.4, 0.5) is 13.2 Å². The summed E-state index contributed by atoms with van der Waals surface area (Å²) in [6, 6.07) is 9.80. The van der Waals surface area contributed by atoms with Gasteiger partial charge in [-0.2, -0.15) is 13.2 Å². The topological polar surface area (TPSA) is 35.5 Å². The maximum Gasteiger partial charge on any atom is 0.416 e. The molecule has 0 unspecified atom stereocenters. The van der Waals surface area contributed by atoms with Crippen molar-refractivity contribution < 1.29 is 27.4 Å². The van der Waals surface area contributed by atoms with Gasteiger partial charge in [0.15, 0.2) is 0 Å². The Balaban J connectivity index is 2.51. The SMILES string of the molecule is CCOCc1cccc(-c2ccc(C(F)(F)F)cc2)c1C(=O)OC. The molecule has 0 atom stereocenters. The van der Waals surface area contributed by atoms with Crippen molar-refractivity contribution in [3.05, 3.63) is 59.2 Å². The Labute approximate surface area is 138 Å². The van der Waals surface area contributed by atoms with Crippen LogP contribution in [0.5, 0.6) is 0 Å². The number of carbonyl (C=O) groups excluding carboxylic acids is 1. The highest BCUT2D eigenvalue weighted by Crippen LogP contribution is 2.33. The van der Waals surface area contributed by atoms with E-state index in [-0.39, 0.29) is 6.61 Å². The number of rotatable bonds is 5. The molecule has 0 saturated heterocycles. The van der Waals surface area contributed by atoms with Crippen molar-refractivity contribution in [2.75, 3.05) is 13.7 Å². The number of hydrogen-bond acceptors (Lipinski definition) is 3. The molecule has 0 spiro atoms. The highest BCUT2D eigenvalue weighted by molar-refractivity contribution is 5.98. The average molecular weight is 338 g/mol. The minimum atomic E-state index is -4.40. The smallest absolute Gasteiger partial charge is 0.416 e. The van der Waals surface area contributed by atoms with Gasteiger partial charge in [0.05, 0.1) is 24.8 Å². The van der Waals surface area contributed by atoms with Crippen LogP contribution in [0.1, 0.15) is 28.4 Å². The first kappa shape index (κ1) is 18.0. The lowest BCUT2D eigenvalue weighted by Gasteiger charge is -2.14. The molecule has 0 radical (unpaired) electrons. The van der Waals surface area contributed by atoms with Crippen molar-refractivity contribution in [3.8, 4) is 11.1 Å². The summed E-state index contributed by atoms with van der Waals surface area (Å²) in [6.45, 7) is 2.53. The number of benzene rings is 2. The Kier molecular flexibility index (Phi) is 5.62. The summed E-state index contributed by atoms with van der Waals surface area (Å²) in [5.41, 5.74) is 1.19. The minimum Gasteiger partial charge on any atom is -0.465 e. The minimum absolute atomic E-state index is 0.218. The van der Waals surface area contributed by atoms with Gasteiger partial charge in [-0.1, -0.05) is 30.3 Å². The summed E-state index contributed by atoms with van der Waals surface area (Å²) >= 11 is 0. The number of halogens is 3. The van der Waals surface area contributed by atoms with Gasteiger partial charge in [-0.05, 0) is 35.7 Å². The summed E-state index contributed by atoms with van der Waals surface area (Å²) in [4.78, 5) is 12.2. The Morgan fingerprint density at radius 1 is 1.08 bits per heavy atom. The normalized spacial score (nSPS) is 11.4. The van der Waals surface area contributed by atoms with E-state index in [1.165, 1.54) is 19.2 Å². The van der Waals surface area contributed by atoms with E-state index in [1.807, 2.05) is 6.92 Å². The molecule has 2 aromatic rings. The third-order valence-electron chi connectivity index (χ3n) is 3.53. The van der Waals surface area contributed by atoms with Crippen molar-refractivity contribution in [2.45, 2.75) is 19.7 Å². The maximum atomic E-state index is 12.7. The van der Waals surface area contributed by atoms with Crippen LogP contribution in [0.2, 0.25) is 0 Å². The van der Waals surface area contributed by atoms with Crippen LogP contribution in [0, 0.1) is 0 Å². The molecule has 2 rings (SSSR count). The first-order chi connectivity index (χ1) is 11.4. The highest BCUT2D eigenvalue weighted by atomic mass is 19.4. The molecule has 0 heterocycles. The molecule has 0 N–H and O–H groups in total. The first-order valence-corrected chi connectivity index (χ1v) is 7.34. The van der Waals surface area contributed by atoms with Gasteiger partial charge in [0, 0.05) is 6.61 Å². The monoisotopic (exact) mass is 338 g/mol. The van der Waals surface area contributed by atoms with E-state index >= 15 is 0 Å². The number of hydrogen-bond donors (Lipinski definition) is 0. The van der Waals surface area contributed by atoms with Crippen LogP contribution in [-0.4, -0.2) is 19.7 Å². The predicted molar refractivity (Wildman–Crippen MR) is 83.5 cm³/mol. The molecule has 2 aromatic carbocycles. The fourth-order valence-electron chi connectivity index (χ4n) is 2.35. The summed E-state index contributed by atoms with van der Waals surface area (Å²) in [7, 11) is 1.26. The van der Waals surface area contributed by atoms with Gasteiger partial charge < -0.3 is 9.47 Å². The van der Waals surface area contributed by atoms with Crippen LogP contribution in [0.25, 0.3) is 11.1 Å². The zero-order valence-electron chi connectivity index (χ0n) is 13.3. The number of methoxy groups -OCH3 is 1. The Morgan fingerprint density at radius 2 is 1.75 bits per heavy atom. The van der Waals surface area contributed by atoms with Gasteiger partial charge in [-0.3, -0.25) is 0 Å². The summed E-state index contributed by atoms with van der Waals surface area (Å²) in [5, 5.41) is 0. The van der Waals surface area contributed by atoms with E-state index in [1.54, 1.807) is 18.2 Å². The number of carbonyl (C=O) groups is 1. The molecular formula is C18H17F3O3. The standard InChI is InChI=1S/C18H17F3O3/c1-3-24-11-13-5-4-6-15(16(13)17(22)23-2)12-7-9-14(10-8-12)18(19,20)21/h4-10H,3,11H2,1-2H3. The molecule has 0 aliphatic carbocycles. The zero-order valence-corrected chi connectivity index (χ0v) is 13.3. The third-order valence-corrected chi connectivity index (χ3v) is 3.53. The predicted octanol–water partition coefficient (Wildman–Crippen LogP) is 4.70. The second kappa shape index (κ2) is 7.49. The Hall–Kier alpha value is -2.34. The second-order valence-electron chi connectivity index (χ2n) is 5.04. The molecule has 0 aliphatic rings. The average Bonchev–Trinajstić information content (AvgIpc) is 2.58. The molecule has 0 aromatic heterocycles. The molecule has 0 fully saturated rings. The van der Waals surface area contributed by atoms with Gasteiger partial charge in [0.2, 0.25) is 0 Å². The lowest BCUT2D eigenvalue weighted by Crippen LogP contribution is -2.09. The summed E-state index contributed by atoms with van der Waals surface area (Å²) < 4.78 is 48.3. The van der Waals surface area contributed by atoms with E-state index in [9.17, 15) is 18.0 Å². The molecule has 128 valence electrons. The highest BCUT2D eigenvalue weighted by Gasteiger charge is 2.30. The number of esters is 1. The van der Waals surface area contributed by atoms with Crippen LogP contribution in [0.3, 0.4) is 0 Å². The molecule has 0 aliphatic heterocycles. The molecule has 0 amide bonds. The lowest BCUT2D eigenvalue weighted by molar-refractivity contribution is -0.137. The van der Waals surface area contributed by atoms with E-state index in [0.717, 1.165) is 12.1 Å². The van der Waals surface area contributed by atoms with Crippen LogP contribution < -0.4 is 0 Å². The summed E-state index contributed by atoms with van der Waals surface area (Å²) in [6.07, 6.45) is -4.40. The second-order valence-corrected chi connectivity index (χ2v) is 5.04. The molecule has 6 heteroatoms. The third kappa shape index (κ3) is 3.94. The van der Waals surface area contributed by atoms with E-state index < -0.39 is 17.7 Å². The van der Waals surface area contributed by atoms with Crippen LogP contribution in [-0.2, 0) is 22.3 Å². The van der Waals surface area contributed by atoms with Crippen LogP contribution >= 0.6 is 0 Å².